The number of amides is 1. The molecular formula is C27H25NO4S2. The number of nitrogens with zero attached hydrogens (tertiary/aromatic N) is 1. The summed E-state index contributed by atoms with van der Waals surface area (Å²) in [4.78, 5) is 15.2. The van der Waals surface area contributed by atoms with E-state index >= 15 is 0 Å². The molecule has 1 fully saturated rings. The van der Waals surface area contributed by atoms with E-state index < -0.39 is 0 Å². The van der Waals surface area contributed by atoms with Crippen LogP contribution in [0.4, 0.5) is 0 Å². The Hall–Kier alpha value is -3.29. The Morgan fingerprint density at radius 1 is 0.853 bits per heavy atom. The van der Waals surface area contributed by atoms with E-state index in [0.29, 0.717) is 52.7 Å². The fourth-order valence-corrected chi connectivity index (χ4v) is 4.68. The van der Waals surface area contributed by atoms with Crippen molar-refractivity contribution in [3.05, 3.63) is 94.9 Å². The fraction of sp³-hybridized carbons (Fsp3) is 0.185. The highest BCUT2D eigenvalue weighted by Gasteiger charge is 2.32. The van der Waals surface area contributed by atoms with E-state index in [1.54, 1.807) is 12.0 Å². The van der Waals surface area contributed by atoms with Crippen molar-refractivity contribution in [3.63, 3.8) is 0 Å². The first kappa shape index (κ1) is 23.9. The first-order chi connectivity index (χ1) is 16.7. The Labute approximate surface area is 209 Å². The molecule has 0 aromatic heterocycles. The van der Waals surface area contributed by atoms with Crippen LogP contribution >= 0.6 is 24.0 Å². The molecule has 1 aliphatic rings. The van der Waals surface area contributed by atoms with Gasteiger partial charge in [0.1, 0.15) is 10.1 Å². The lowest BCUT2D eigenvalue weighted by Gasteiger charge is -2.14. The number of hydrogen-bond acceptors (Lipinski definition) is 6. The number of thioether (sulfide) groups is 1. The molecule has 4 rings (SSSR count). The van der Waals surface area contributed by atoms with Gasteiger partial charge in [-0.3, -0.25) is 9.69 Å². The zero-order valence-corrected chi connectivity index (χ0v) is 20.4. The predicted octanol–water partition coefficient (Wildman–Crippen LogP) is 5.94. The van der Waals surface area contributed by atoms with Crippen molar-refractivity contribution >= 4 is 40.3 Å². The molecule has 0 unspecified atom stereocenters. The molecule has 1 heterocycles. The summed E-state index contributed by atoms with van der Waals surface area (Å²) in [7, 11) is 1.62. The number of carbonyl (C=O) groups is 1. The van der Waals surface area contributed by atoms with Crippen molar-refractivity contribution in [1.82, 2.24) is 4.90 Å². The first-order valence-electron chi connectivity index (χ1n) is 10.9. The van der Waals surface area contributed by atoms with E-state index in [9.17, 15) is 4.79 Å². The molecule has 5 nitrogen and oxygen atoms in total. The van der Waals surface area contributed by atoms with Gasteiger partial charge >= 0.3 is 0 Å². The van der Waals surface area contributed by atoms with Gasteiger partial charge in [-0.15, -0.1) is 0 Å². The zero-order valence-electron chi connectivity index (χ0n) is 18.8. The summed E-state index contributed by atoms with van der Waals surface area (Å²) < 4.78 is 17.7. The second kappa shape index (κ2) is 11.7. The highest BCUT2D eigenvalue weighted by Crippen LogP contribution is 2.35. The molecule has 1 amide bonds. The van der Waals surface area contributed by atoms with Gasteiger partial charge in [0.2, 0.25) is 0 Å². The lowest BCUT2D eigenvalue weighted by molar-refractivity contribution is -0.122. The number of ether oxygens (including phenoxy) is 3. The van der Waals surface area contributed by atoms with Crippen molar-refractivity contribution < 1.29 is 19.0 Å². The summed E-state index contributed by atoms with van der Waals surface area (Å²) in [5.74, 6) is 2.05. The SMILES string of the molecule is COc1ccccc1OCCCOc1ccccc1C=C1SC(=S)N(Cc2ccccc2)C1=O. The van der Waals surface area contributed by atoms with E-state index in [4.69, 9.17) is 26.4 Å². The number of carbonyl (C=O) groups excluding carboxylic acids is 1. The standard InChI is InChI=1S/C27H25NO4S2/c1-30-23-14-7-8-15-24(23)32-17-9-16-31-22-13-6-5-12-21(22)18-25-26(29)28(27(33)34-25)19-20-10-3-2-4-11-20/h2-8,10-15,18H,9,16-17,19H2,1H3. The lowest BCUT2D eigenvalue weighted by Crippen LogP contribution is -2.27. The van der Waals surface area contributed by atoms with E-state index in [1.165, 1.54) is 11.8 Å². The van der Waals surface area contributed by atoms with Crippen molar-refractivity contribution in [2.45, 2.75) is 13.0 Å². The lowest BCUT2D eigenvalue weighted by atomic mass is 10.1. The molecule has 0 spiro atoms. The second-order valence-corrected chi connectivity index (χ2v) is 9.17. The molecule has 3 aromatic rings. The average Bonchev–Trinajstić information content (AvgIpc) is 3.13. The summed E-state index contributed by atoms with van der Waals surface area (Å²) in [5, 5.41) is 0. The molecule has 0 atom stereocenters. The highest BCUT2D eigenvalue weighted by molar-refractivity contribution is 8.26. The van der Waals surface area contributed by atoms with E-state index in [1.807, 2.05) is 84.9 Å². The van der Waals surface area contributed by atoms with Crippen LogP contribution in [0.5, 0.6) is 17.2 Å². The van der Waals surface area contributed by atoms with Gasteiger partial charge in [-0.2, -0.15) is 0 Å². The van der Waals surface area contributed by atoms with Crippen LogP contribution in [0.15, 0.2) is 83.8 Å². The largest absolute Gasteiger partial charge is 0.493 e. The van der Waals surface area contributed by atoms with Crippen LogP contribution in [0.1, 0.15) is 17.5 Å². The number of methoxy groups -OCH3 is 1. The predicted molar refractivity (Wildman–Crippen MR) is 140 cm³/mol. The molecule has 0 bridgehead atoms. The van der Waals surface area contributed by atoms with Crippen LogP contribution in [-0.4, -0.2) is 35.5 Å². The van der Waals surface area contributed by atoms with E-state index in [-0.39, 0.29) is 5.91 Å². The number of para-hydroxylation sites is 3. The fourth-order valence-electron chi connectivity index (χ4n) is 3.44. The van der Waals surface area contributed by atoms with Crippen LogP contribution in [-0.2, 0) is 11.3 Å². The van der Waals surface area contributed by atoms with Crippen molar-refractivity contribution in [3.8, 4) is 17.2 Å². The molecule has 7 heteroatoms. The minimum Gasteiger partial charge on any atom is -0.493 e. The minimum absolute atomic E-state index is 0.0844. The maximum absolute atomic E-state index is 13.0. The van der Waals surface area contributed by atoms with Gasteiger partial charge in [-0.25, -0.2) is 0 Å². The molecule has 0 N–H and O–H groups in total. The van der Waals surface area contributed by atoms with E-state index in [2.05, 4.69) is 0 Å². The monoisotopic (exact) mass is 491 g/mol. The van der Waals surface area contributed by atoms with Gasteiger partial charge in [0.25, 0.3) is 5.91 Å². The van der Waals surface area contributed by atoms with Gasteiger partial charge in [0.15, 0.2) is 11.5 Å². The quantitative estimate of drug-likeness (QED) is 0.199. The van der Waals surface area contributed by atoms with Crippen LogP contribution in [0.3, 0.4) is 0 Å². The van der Waals surface area contributed by atoms with Gasteiger partial charge in [-0.05, 0) is 29.8 Å². The maximum atomic E-state index is 13.0. The number of thiocarbonyl (C=S) groups is 1. The Kier molecular flexibility index (Phi) is 8.22. The van der Waals surface area contributed by atoms with E-state index in [0.717, 1.165) is 11.1 Å². The molecule has 0 saturated carbocycles. The zero-order chi connectivity index (χ0) is 23.8. The van der Waals surface area contributed by atoms with Crippen LogP contribution < -0.4 is 14.2 Å². The number of rotatable bonds is 10. The van der Waals surface area contributed by atoms with Gasteiger partial charge < -0.3 is 14.2 Å². The molecule has 3 aromatic carbocycles. The smallest absolute Gasteiger partial charge is 0.266 e. The maximum Gasteiger partial charge on any atom is 0.266 e. The molecule has 174 valence electrons. The van der Waals surface area contributed by atoms with Crippen LogP contribution in [0.2, 0.25) is 0 Å². The van der Waals surface area contributed by atoms with Crippen molar-refractivity contribution in [2.24, 2.45) is 0 Å². The molecular weight excluding hydrogens is 466 g/mol. The second-order valence-electron chi connectivity index (χ2n) is 7.49. The third kappa shape index (κ3) is 5.98. The summed E-state index contributed by atoms with van der Waals surface area (Å²) >= 11 is 6.79. The Morgan fingerprint density at radius 2 is 1.47 bits per heavy atom. The topological polar surface area (TPSA) is 48.0 Å². The van der Waals surface area contributed by atoms with Crippen LogP contribution in [0.25, 0.3) is 6.08 Å². The Bertz CT molecular complexity index is 1180. The average molecular weight is 492 g/mol. The number of hydrogen-bond donors (Lipinski definition) is 0. The Balaban J connectivity index is 1.35. The van der Waals surface area contributed by atoms with Crippen LogP contribution in [0, 0.1) is 0 Å². The molecule has 34 heavy (non-hydrogen) atoms. The third-order valence-corrected chi connectivity index (χ3v) is 6.51. The molecule has 0 aliphatic carbocycles. The molecule has 0 radical (unpaired) electrons. The Morgan fingerprint density at radius 3 is 2.21 bits per heavy atom. The first-order valence-corrected chi connectivity index (χ1v) is 12.1. The van der Waals surface area contributed by atoms with Gasteiger partial charge in [0, 0.05) is 12.0 Å². The number of benzene rings is 3. The molecule has 1 aliphatic heterocycles. The minimum atomic E-state index is -0.0844. The van der Waals surface area contributed by atoms with Crippen molar-refractivity contribution in [2.75, 3.05) is 20.3 Å². The van der Waals surface area contributed by atoms with Crippen molar-refractivity contribution in [1.29, 1.82) is 0 Å². The van der Waals surface area contributed by atoms with Gasteiger partial charge in [0.05, 0.1) is 31.8 Å². The normalized spacial score (nSPS) is 14.5. The summed E-state index contributed by atoms with van der Waals surface area (Å²) in [6.07, 6.45) is 2.55. The summed E-state index contributed by atoms with van der Waals surface area (Å²) in [6.45, 7) is 1.45. The van der Waals surface area contributed by atoms with Gasteiger partial charge in [-0.1, -0.05) is 84.6 Å². The highest BCUT2D eigenvalue weighted by atomic mass is 32.2. The summed E-state index contributed by atoms with van der Waals surface area (Å²) in [5.41, 5.74) is 1.88. The molecule has 1 saturated heterocycles. The third-order valence-electron chi connectivity index (χ3n) is 5.14. The summed E-state index contributed by atoms with van der Waals surface area (Å²) in [6, 6.07) is 25.1.